The molecule has 1 fully saturated rings. The molecule has 0 amide bonds. The molecule has 1 saturated carbocycles. The van der Waals surface area contributed by atoms with E-state index in [-0.39, 0.29) is 0 Å². The molecule has 16 heavy (non-hydrogen) atoms. The third-order valence-corrected chi connectivity index (χ3v) is 4.19. The standard InChI is InChI=1S/C12H20N2OS/c1-3-14(10-6-4-5-7-10)12-13-11(8-16-12)9(2)15/h8-10,15H,3-7H2,1-2H3. The summed E-state index contributed by atoms with van der Waals surface area (Å²) in [7, 11) is 0. The third kappa shape index (κ3) is 2.38. The number of aliphatic hydroxyl groups is 1. The van der Waals surface area contributed by atoms with E-state index >= 15 is 0 Å². The van der Waals surface area contributed by atoms with E-state index in [0.29, 0.717) is 6.04 Å². The normalized spacial score (nSPS) is 18.9. The van der Waals surface area contributed by atoms with Crippen LogP contribution in [0.3, 0.4) is 0 Å². The molecule has 1 aromatic heterocycles. The van der Waals surface area contributed by atoms with E-state index in [1.54, 1.807) is 18.3 Å². The molecule has 90 valence electrons. The van der Waals surface area contributed by atoms with Crippen LogP contribution in [0.5, 0.6) is 0 Å². The second-order valence-electron chi connectivity index (χ2n) is 4.46. The van der Waals surface area contributed by atoms with Crippen LogP contribution in [0, 0.1) is 0 Å². The van der Waals surface area contributed by atoms with Crippen molar-refractivity contribution in [3.05, 3.63) is 11.1 Å². The minimum absolute atomic E-state index is 0.452. The number of aliphatic hydroxyl groups excluding tert-OH is 1. The Balaban J connectivity index is 2.12. The second kappa shape index (κ2) is 5.15. The van der Waals surface area contributed by atoms with E-state index in [2.05, 4.69) is 16.8 Å². The fourth-order valence-corrected chi connectivity index (χ4v) is 3.41. The summed E-state index contributed by atoms with van der Waals surface area (Å²) in [5.41, 5.74) is 0.802. The minimum Gasteiger partial charge on any atom is -0.387 e. The highest BCUT2D eigenvalue weighted by atomic mass is 32.1. The molecular formula is C12H20N2OS. The molecule has 2 rings (SSSR count). The van der Waals surface area contributed by atoms with Gasteiger partial charge in [-0.3, -0.25) is 0 Å². The summed E-state index contributed by atoms with van der Waals surface area (Å²) in [5, 5.41) is 12.5. The van der Waals surface area contributed by atoms with E-state index in [0.717, 1.165) is 17.4 Å². The van der Waals surface area contributed by atoms with Crippen molar-refractivity contribution in [3.8, 4) is 0 Å². The first-order valence-electron chi connectivity index (χ1n) is 6.12. The van der Waals surface area contributed by atoms with E-state index in [1.807, 2.05) is 5.38 Å². The van der Waals surface area contributed by atoms with Crippen LogP contribution in [-0.2, 0) is 0 Å². The Morgan fingerprint density at radius 2 is 2.25 bits per heavy atom. The van der Waals surface area contributed by atoms with Gasteiger partial charge in [-0.05, 0) is 26.7 Å². The van der Waals surface area contributed by atoms with E-state index in [9.17, 15) is 5.11 Å². The Bertz CT molecular complexity index is 332. The highest BCUT2D eigenvalue weighted by Crippen LogP contribution is 2.31. The first-order valence-corrected chi connectivity index (χ1v) is 7.00. The van der Waals surface area contributed by atoms with Crippen molar-refractivity contribution >= 4 is 16.5 Å². The Morgan fingerprint density at radius 1 is 1.56 bits per heavy atom. The van der Waals surface area contributed by atoms with Crippen molar-refractivity contribution in [1.29, 1.82) is 0 Å². The first kappa shape index (κ1) is 11.9. The van der Waals surface area contributed by atoms with Crippen LogP contribution in [0.25, 0.3) is 0 Å². The maximum atomic E-state index is 9.48. The molecular weight excluding hydrogens is 220 g/mol. The Kier molecular flexibility index (Phi) is 3.82. The predicted octanol–water partition coefficient (Wildman–Crippen LogP) is 2.97. The molecule has 1 heterocycles. The number of rotatable bonds is 4. The molecule has 0 saturated heterocycles. The van der Waals surface area contributed by atoms with Gasteiger partial charge in [0.25, 0.3) is 0 Å². The van der Waals surface area contributed by atoms with Crippen LogP contribution in [-0.4, -0.2) is 22.7 Å². The molecule has 1 aliphatic rings. The second-order valence-corrected chi connectivity index (χ2v) is 5.29. The molecule has 0 aromatic carbocycles. The zero-order valence-corrected chi connectivity index (χ0v) is 10.8. The molecule has 1 unspecified atom stereocenters. The molecule has 4 heteroatoms. The number of hydrogen-bond acceptors (Lipinski definition) is 4. The summed E-state index contributed by atoms with van der Waals surface area (Å²) in [6, 6.07) is 0.665. The third-order valence-electron chi connectivity index (χ3n) is 3.29. The van der Waals surface area contributed by atoms with Gasteiger partial charge in [0.1, 0.15) is 0 Å². The predicted molar refractivity (Wildman–Crippen MR) is 68.0 cm³/mol. The fourth-order valence-electron chi connectivity index (χ4n) is 2.37. The Hall–Kier alpha value is -0.610. The number of hydrogen-bond donors (Lipinski definition) is 1. The summed E-state index contributed by atoms with van der Waals surface area (Å²) >= 11 is 1.65. The molecule has 1 aliphatic carbocycles. The summed E-state index contributed by atoms with van der Waals surface area (Å²) in [4.78, 5) is 6.91. The van der Waals surface area contributed by atoms with Gasteiger partial charge in [0, 0.05) is 18.0 Å². The number of thiazole rings is 1. The van der Waals surface area contributed by atoms with Gasteiger partial charge in [0.05, 0.1) is 11.8 Å². The fraction of sp³-hybridized carbons (Fsp3) is 0.750. The van der Waals surface area contributed by atoms with Gasteiger partial charge < -0.3 is 10.0 Å². The van der Waals surface area contributed by atoms with Crippen LogP contribution in [0.1, 0.15) is 51.3 Å². The zero-order chi connectivity index (χ0) is 11.5. The van der Waals surface area contributed by atoms with Gasteiger partial charge in [-0.1, -0.05) is 12.8 Å². The van der Waals surface area contributed by atoms with Gasteiger partial charge in [-0.25, -0.2) is 4.98 Å². The summed E-state index contributed by atoms with van der Waals surface area (Å²) in [6.07, 6.45) is 4.81. The molecule has 0 aliphatic heterocycles. The van der Waals surface area contributed by atoms with Crippen molar-refractivity contribution in [2.45, 2.75) is 51.7 Å². The Morgan fingerprint density at radius 3 is 2.75 bits per heavy atom. The topological polar surface area (TPSA) is 36.4 Å². The van der Waals surface area contributed by atoms with Crippen molar-refractivity contribution in [3.63, 3.8) is 0 Å². The van der Waals surface area contributed by atoms with E-state index in [1.165, 1.54) is 25.7 Å². The molecule has 0 spiro atoms. The lowest BCUT2D eigenvalue weighted by Crippen LogP contribution is -2.32. The monoisotopic (exact) mass is 240 g/mol. The largest absolute Gasteiger partial charge is 0.387 e. The number of aromatic nitrogens is 1. The molecule has 3 nitrogen and oxygen atoms in total. The molecule has 0 radical (unpaired) electrons. The van der Waals surface area contributed by atoms with Crippen molar-refractivity contribution in [1.82, 2.24) is 4.98 Å². The highest BCUT2D eigenvalue weighted by Gasteiger charge is 2.23. The lowest BCUT2D eigenvalue weighted by Gasteiger charge is -2.26. The maximum Gasteiger partial charge on any atom is 0.185 e. The van der Waals surface area contributed by atoms with Crippen LogP contribution < -0.4 is 4.90 Å². The van der Waals surface area contributed by atoms with Crippen molar-refractivity contribution in [2.24, 2.45) is 0 Å². The van der Waals surface area contributed by atoms with Crippen LogP contribution >= 0.6 is 11.3 Å². The SMILES string of the molecule is CCN(c1nc(C(C)O)cs1)C1CCCC1. The number of anilines is 1. The van der Waals surface area contributed by atoms with Crippen LogP contribution in [0.4, 0.5) is 5.13 Å². The van der Waals surface area contributed by atoms with Crippen molar-refractivity contribution < 1.29 is 5.11 Å². The maximum absolute atomic E-state index is 9.48. The average molecular weight is 240 g/mol. The van der Waals surface area contributed by atoms with Crippen LogP contribution in [0.15, 0.2) is 5.38 Å². The summed E-state index contributed by atoms with van der Waals surface area (Å²) in [6.45, 7) is 4.96. The first-order chi connectivity index (χ1) is 7.72. The average Bonchev–Trinajstić information content (AvgIpc) is 2.88. The van der Waals surface area contributed by atoms with Crippen LogP contribution in [0.2, 0.25) is 0 Å². The summed E-state index contributed by atoms with van der Waals surface area (Å²) < 4.78 is 0. The van der Waals surface area contributed by atoms with E-state index in [4.69, 9.17) is 0 Å². The van der Waals surface area contributed by atoms with Crippen molar-refractivity contribution in [2.75, 3.05) is 11.4 Å². The molecule has 1 atom stereocenters. The van der Waals surface area contributed by atoms with Gasteiger partial charge in [0.2, 0.25) is 0 Å². The molecule has 0 bridgehead atoms. The lowest BCUT2D eigenvalue weighted by molar-refractivity contribution is 0.195. The number of nitrogens with zero attached hydrogens (tertiary/aromatic N) is 2. The highest BCUT2D eigenvalue weighted by molar-refractivity contribution is 7.13. The zero-order valence-electron chi connectivity index (χ0n) is 10.0. The van der Waals surface area contributed by atoms with Gasteiger partial charge in [-0.15, -0.1) is 11.3 Å². The lowest BCUT2D eigenvalue weighted by atomic mass is 10.2. The Labute approximate surface area is 101 Å². The van der Waals surface area contributed by atoms with Gasteiger partial charge in [0.15, 0.2) is 5.13 Å². The molecule has 1 aromatic rings. The van der Waals surface area contributed by atoms with Gasteiger partial charge >= 0.3 is 0 Å². The van der Waals surface area contributed by atoms with Gasteiger partial charge in [-0.2, -0.15) is 0 Å². The molecule has 1 N–H and O–H groups in total. The van der Waals surface area contributed by atoms with E-state index < -0.39 is 6.10 Å². The quantitative estimate of drug-likeness (QED) is 0.879. The minimum atomic E-state index is -0.452. The summed E-state index contributed by atoms with van der Waals surface area (Å²) in [5.74, 6) is 0. The smallest absolute Gasteiger partial charge is 0.185 e.